The van der Waals surface area contributed by atoms with Crippen molar-refractivity contribution < 1.29 is 18.0 Å². The first-order chi connectivity index (χ1) is 16.3. The van der Waals surface area contributed by atoms with Gasteiger partial charge in [-0.15, -0.1) is 4.40 Å². The molecule has 0 atom stereocenters. The number of thioether (sulfide) groups is 1. The van der Waals surface area contributed by atoms with Gasteiger partial charge < -0.3 is 4.90 Å². The van der Waals surface area contributed by atoms with Crippen LogP contribution in [0.15, 0.2) is 56.6 Å². The Kier molecular flexibility index (Phi) is 5.37. The van der Waals surface area contributed by atoms with Gasteiger partial charge in [-0.2, -0.15) is 5.10 Å². The maximum absolute atomic E-state index is 12.8. The summed E-state index contributed by atoms with van der Waals surface area (Å²) in [6.45, 7) is 2.32. The van der Waals surface area contributed by atoms with Crippen molar-refractivity contribution in [1.82, 2.24) is 20.6 Å². The van der Waals surface area contributed by atoms with Gasteiger partial charge in [-0.1, -0.05) is 18.2 Å². The number of benzene rings is 2. The number of aromatic nitrogens is 2. The van der Waals surface area contributed by atoms with Crippen molar-refractivity contribution in [3.05, 3.63) is 64.1 Å². The van der Waals surface area contributed by atoms with Crippen LogP contribution in [0.5, 0.6) is 0 Å². The van der Waals surface area contributed by atoms with E-state index in [2.05, 4.69) is 20.3 Å². The predicted octanol–water partition coefficient (Wildman–Crippen LogP) is 1.10. The van der Waals surface area contributed by atoms with Crippen molar-refractivity contribution >= 4 is 55.2 Å². The minimum Gasteiger partial charge on any atom is -0.318 e. The van der Waals surface area contributed by atoms with Crippen LogP contribution < -0.4 is 21.3 Å². The second-order valence-corrected chi connectivity index (χ2v) is 10.3. The molecule has 0 spiro atoms. The molecule has 0 saturated heterocycles. The fraction of sp³-hybridized carbons (Fsp3) is 0.190. The summed E-state index contributed by atoms with van der Waals surface area (Å²) in [6.07, 6.45) is 0. The number of hydrazine groups is 1. The standard InChI is InChI=1S/C21H18N6O5S2/c1-2-27-20(30)14-6-4-3-5-13(14)17(24-27)19(29)23-22-18(28)12-7-8-15-16(11-12)33-21-25-34(31,32)10-9-26(15)21/h3-8,11H,2,9-10H2,1H3,(H,22,28)(H,23,29). The maximum atomic E-state index is 12.8. The predicted molar refractivity (Wildman–Crippen MR) is 127 cm³/mol. The molecule has 0 fully saturated rings. The summed E-state index contributed by atoms with van der Waals surface area (Å²) in [5, 5.41) is 5.23. The van der Waals surface area contributed by atoms with Gasteiger partial charge in [0.05, 0.1) is 16.8 Å². The lowest BCUT2D eigenvalue weighted by Crippen LogP contribution is -2.42. The van der Waals surface area contributed by atoms with Crippen molar-refractivity contribution in [1.29, 1.82) is 0 Å². The van der Waals surface area contributed by atoms with Crippen LogP contribution in [0.2, 0.25) is 0 Å². The fourth-order valence-corrected chi connectivity index (χ4v) is 6.03. The molecule has 34 heavy (non-hydrogen) atoms. The molecule has 0 unspecified atom stereocenters. The zero-order chi connectivity index (χ0) is 24.0. The first-order valence-corrected chi connectivity index (χ1v) is 12.7. The van der Waals surface area contributed by atoms with Crippen LogP contribution in [0.25, 0.3) is 10.8 Å². The minimum absolute atomic E-state index is 0.0120. The Morgan fingerprint density at radius 3 is 2.59 bits per heavy atom. The minimum atomic E-state index is -3.48. The van der Waals surface area contributed by atoms with Crippen LogP contribution >= 0.6 is 11.8 Å². The van der Waals surface area contributed by atoms with E-state index in [1.165, 1.54) is 16.4 Å². The molecule has 0 bridgehead atoms. The first-order valence-electron chi connectivity index (χ1n) is 10.3. The van der Waals surface area contributed by atoms with Crippen LogP contribution in [0.1, 0.15) is 27.8 Å². The average molecular weight is 499 g/mol. The number of amidine groups is 1. The van der Waals surface area contributed by atoms with Crippen molar-refractivity contribution in [2.45, 2.75) is 18.4 Å². The number of amides is 2. The van der Waals surface area contributed by atoms with E-state index in [0.29, 0.717) is 27.4 Å². The van der Waals surface area contributed by atoms with Crippen molar-refractivity contribution in [2.75, 3.05) is 17.2 Å². The number of fused-ring (bicyclic) bond motifs is 4. The van der Waals surface area contributed by atoms with Crippen molar-refractivity contribution in [3.8, 4) is 0 Å². The Bertz CT molecular complexity index is 1560. The molecule has 2 N–H and O–H groups in total. The summed E-state index contributed by atoms with van der Waals surface area (Å²) in [4.78, 5) is 40.4. The SMILES string of the molecule is CCn1nc(C(=O)NNC(=O)c2ccc3c(c2)SC2=NS(=O)(=O)CCN23)c2ccccc2c1=O. The molecule has 0 radical (unpaired) electrons. The van der Waals surface area contributed by atoms with Gasteiger partial charge in [0.25, 0.3) is 27.4 Å². The van der Waals surface area contributed by atoms with Crippen LogP contribution in [0.3, 0.4) is 0 Å². The lowest BCUT2D eigenvalue weighted by Gasteiger charge is -2.22. The number of nitrogens with zero attached hydrogens (tertiary/aromatic N) is 4. The number of carbonyl (C=O) groups is 2. The Hall–Kier alpha value is -3.71. The van der Waals surface area contributed by atoms with Gasteiger partial charge in [0.15, 0.2) is 10.9 Å². The van der Waals surface area contributed by atoms with Crippen LogP contribution in [-0.2, 0) is 16.6 Å². The maximum Gasteiger partial charge on any atom is 0.290 e. The summed E-state index contributed by atoms with van der Waals surface area (Å²) in [5.41, 5.74) is 5.47. The number of sulfonamides is 1. The molecule has 5 rings (SSSR count). The summed E-state index contributed by atoms with van der Waals surface area (Å²) >= 11 is 1.17. The lowest BCUT2D eigenvalue weighted by atomic mass is 10.1. The van der Waals surface area contributed by atoms with Crippen LogP contribution in [0, 0.1) is 0 Å². The molecule has 174 valence electrons. The molecule has 2 amide bonds. The molecular weight excluding hydrogens is 480 g/mol. The van der Waals surface area contributed by atoms with E-state index in [4.69, 9.17) is 0 Å². The zero-order valence-electron chi connectivity index (χ0n) is 17.8. The number of aryl methyl sites for hydroxylation is 1. The molecule has 3 aromatic rings. The Morgan fingerprint density at radius 1 is 1.09 bits per heavy atom. The highest BCUT2D eigenvalue weighted by Crippen LogP contribution is 2.42. The van der Waals surface area contributed by atoms with Crippen LogP contribution in [0.4, 0.5) is 5.69 Å². The number of rotatable bonds is 3. The van der Waals surface area contributed by atoms with E-state index < -0.39 is 21.8 Å². The molecule has 1 aromatic heterocycles. The lowest BCUT2D eigenvalue weighted by molar-refractivity contribution is 0.0843. The molecule has 13 heteroatoms. The Labute approximate surface area is 197 Å². The number of anilines is 1. The van der Waals surface area contributed by atoms with Gasteiger partial charge in [-0.25, -0.2) is 13.1 Å². The third-order valence-corrected chi connectivity index (χ3v) is 7.71. The topological polar surface area (TPSA) is 143 Å². The number of hydrogen-bond acceptors (Lipinski definition) is 8. The molecule has 0 saturated carbocycles. The van der Waals surface area contributed by atoms with Gasteiger partial charge in [-0.05, 0) is 43.0 Å². The van der Waals surface area contributed by atoms with E-state index in [9.17, 15) is 22.8 Å². The summed E-state index contributed by atoms with van der Waals surface area (Å²) in [5.74, 6) is -1.30. The van der Waals surface area contributed by atoms with Gasteiger partial charge in [0, 0.05) is 28.9 Å². The normalized spacial score (nSPS) is 15.9. The monoisotopic (exact) mass is 498 g/mol. The highest BCUT2D eigenvalue weighted by atomic mass is 32.2. The van der Waals surface area contributed by atoms with E-state index >= 15 is 0 Å². The largest absolute Gasteiger partial charge is 0.318 e. The summed E-state index contributed by atoms with van der Waals surface area (Å²) in [6, 6.07) is 11.5. The molecule has 11 nitrogen and oxygen atoms in total. The van der Waals surface area contributed by atoms with Gasteiger partial charge in [0.1, 0.15) is 0 Å². The van der Waals surface area contributed by atoms with Crippen molar-refractivity contribution in [3.63, 3.8) is 0 Å². The van der Waals surface area contributed by atoms with E-state index in [0.717, 1.165) is 5.69 Å². The van der Waals surface area contributed by atoms with Gasteiger partial charge in [0.2, 0.25) is 0 Å². The molecular formula is C21H18N6O5S2. The fourth-order valence-electron chi connectivity index (χ4n) is 3.73. The number of nitrogens with one attached hydrogen (secondary N) is 2. The molecule has 2 aliphatic heterocycles. The third kappa shape index (κ3) is 3.82. The van der Waals surface area contributed by atoms with E-state index in [1.54, 1.807) is 54.3 Å². The third-order valence-electron chi connectivity index (χ3n) is 5.41. The number of carbonyl (C=O) groups excluding carboxylic acids is 2. The quantitative estimate of drug-likeness (QED) is 0.511. The summed E-state index contributed by atoms with van der Waals surface area (Å²) < 4.78 is 28.5. The summed E-state index contributed by atoms with van der Waals surface area (Å²) in [7, 11) is -3.48. The molecule has 2 aromatic carbocycles. The highest BCUT2D eigenvalue weighted by Gasteiger charge is 2.33. The average Bonchev–Trinajstić information content (AvgIpc) is 3.18. The van der Waals surface area contributed by atoms with Gasteiger partial charge >= 0.3 is 0 Å². The number of hydrogen-bond donors (Lipinski definition) is 2. The molecule has 0 aliphatic carbocycles. The van der Waals surface area contributed by atoms with E-state index in [1.807, 2.05) is 0 Å². The second kappa shape index (κ2) is 8.25. The smallest absolute Gasteiger partial charge is 0.290 e. The van der Waals surface area contributed by atoms with Crippen molar-refractivity contribution in [2.24, 2.45) is 4.40 Å². The highest BCUT2D eigenvalue weighted by molar-refractivity contribution is 8.15. The zero-order valence-corrected chi connectivity index (χ0v) is 19.4. The van der Waals surface area contributed by atoms with Gasteiger partial charge in [-0.3, -0.25) is 25.2 Å². The Balaban J connectivity index is 1.35. The molecule has 2 aliphatic rings. The second-order valence-electron chi connectivity index (χ2n) is 7.52. The Morgan fingerprint density at radius 2 is 1.82 bits per heavy atom. The van der Waals surface area contributed by atoms with E-state index in [-0.39, 0.29) is 29.1 Å². The molecule has 3 heterocycles. The first kappa shape index (κ1) is 22.1. The van der Waals surface area contributed by atoms with Crippen LogP contribution in [-0.4, -0.2) is 47.5 Å².